The standard InChI is InChI=1S/C19H24BrN3O2/c1-5-10-21-18(24)13(3)22-19(25)17-11-12(2)23(14(17)4)16-8-6-15(20)7-9-16/h6-9,11,13H,5,10H2,1-4H3,(H,21,24)(H,22,25)/t13-/m1/s1. The van der Waals surface area contributed by atoms with Crippen molar-refractivity contribution in [2.45, 2.75) is 40.2 Å². The quantitative estimate of drug-likeness (QED) is 0.772. The van der Waals surface area contributed by atoms with Gasteiger partial charge in [-0.05, 0) is 57.5 Å². The van der Waals surface area contributed by atoms with Crippen LogP contribution in [0.4, 0.5) is 0 Å². The smallest absolute Gasteiger partial charge is 0.253 e. The predicted molar refractivity (Wildman–Crippen MR) is 103 cm³/mol. The zero-order valence-electron chi connectivity index (χ0n) is 15.0. The summed E-state index contributed by atoms with van der Waals surface area (Å²) in [6, 6.07) is 9.19. The fraction of sp³-hybridized carbons (Fsp3) is 0.368. The van der Waals surface area contributed by atoms with Crippen LogP contribution in [0.25, 0.3) is 5.69 Å². The summed E-state index contributed by atoms with van der Waals surface area (Å²) in [5.41, 5.74) is 3.38. The van der Waals surface area contributed by atoms with Crippen LogP contribution >= 0.6 is 15.9 Å². The van der Waals surface area contributed by atoms with Gasteiger partial charge in [-0.25, -0.2) is 0 Å². The molecule has 2 rings (SSSR count). The first-order valence-electron chi connectivity index (χ1n) is 8.38. The maximum absolute atomic E-state index is 12.6. The number of hydrogen-bond acceptors (Lipinski definition) is 2. The van der Waals surface area contributed by atoms with Crippen LogP contribution in [-0.2, 0) is 4.79 Å². The lowest BCUT2D eigenvalue weighted by molar-refractivity contribution is -0.122. The van der Waals surface area contributed by atoms with Crippen LogP contribution in [-0.4, -0.2) is 29.0 Å². The van der Waals surface area contributed by atoms with Crippen molar-refractivity contribution in [2.24, 2.45) is 0 Å². The third-order valence-corrected chi connectivity index (χ3v) is 4.58. The van der Waals surface area contributed by atoms with Gasteiger partial charge >= 0.3 is 0 Å². The maximum Gasteiger partial charge on any atom is 0.253 e. The molecule has 0 aliphatic heterocycles. The third-order valence-electron chi connectivity index (χ3n) is 4.05. The van der Waals surface area contributed by atoms with Gasteiger partial charge in [0.25, 0.3) is 5.91 Å². The number of nitrogens with one attached hydrogen (secondary N) is 2. The van der Waals surface area contributed by atoms with Crippen LogP contribution < -0.4 is 10.6 Å². The van der Waals surface area contributed by atoms with E-state index in [9.17, 15) is 9.59 Å². The Bertz CT molecular complexity index is 766. The molecule has 5 nitrogen and oxygen atoms in total. The number of halogens is 1. The number of hydrogen-bond donors (Lipinski definition) is 2. The minimum Gasteiger partial charge on any atom is -0.354 e. The Morgan fingerprint density at radius 2 is 1.84 bits per heavy atom. The van der Waals surface area contributed by atoms with E-state index in [1.807, 2.05) is 55.7 Å². The van der Waals surface area contributed by atoms with E-state index < -0.39 is 6.04 Å². The number of nitrogens with zero attached hydrogens (tertiary/aromatic N) is 1. The second kappa shape index (κ2) is 8.34. The Morgan fingerprint density at radius 3 is 2.44 bits per heavy atom. The predicted octanol–water partition coefficient (Wildman–Crippen LogP) is 3.50. The molecule has 0 aliphatic rings. The van der Waals surface area contributed by atoms with Gasteiger partial charge < -0.3 is 15.2 Å². The lowest BCUT2D eigenvalue weighted by atomic mass is 10.2. The third kappa shape index (κ3) is 4.51. The zero-order chi connectivity index (χ0) is 18.6. The summed E-state index contributed by atoms with van der Waals surface area (Å²) in [7, 11) is 0. The fourth-order valence-corrected chi connectivity index (χ4v) is 2.99. The van der Waals surface area contributed by atoms with Crippen molar-refractivity contribution in [3.05, 3.63) is 51.8 Å². The molecule has 134 valence electrons. The monoisotopic (exact) mass is 405 g/mol. The van der Waals surface area contributed by atoms with Crippen molar-refractivity contribution in [3.8, 4) is 5.69 Å². The van der Waals surface area contributed by atoms with E-state index in [0.717, 1.165) is 28.0 Å². The molecule has 0 bridgehead atoms. The van der Waals surface area contributed by atoms with Crippen molar-refractivity contribution in [2.75, 3.05) is 6.54 Å². The number of aryl methyl sites for hydroxylation is 1. The molecule has 25 heavy (non-hydrogen) atoms. The van der Waals surface area contributed by atoms with Crippen molar-refractivity contribution in [1.82, 2.24) is 15.2 Å². The molecule has 0 spiro atoms. The molecule has 2 aromatic rings. The van der Waals surface area contributed by atoms with Gasteiger partial charge in [-0.15, -0.1) is 0 Å². The highest BCUT2D eigenvalue weighted by Gasteiger charge is 2.20. The van der Waals surface area contributed by atoms with Gasteiger partial charge in [-0.1, -0.05) is 22.9 Å². The number of benzene rings is 1. The summed E-state index contributed by atoms with van der Waals surface area (Å²) in [5, 5.41) is 5.56. The van der Waals surface area contributed by atoms with Crippen molar-refractivity contribution < 1.29 is 9.59 Å². The Balaban J connectivity index is 2.20. The van der Waals surface area contributed by atoms with Gasteiger partial charge in [0, 0.05) is 28.1 Å². The summed E-state index contributed by atoms with van der Waals surface area (Å²) < 4.78 is 3.03. The second-order valence-corrected chi connectivity index (χ2v) is 7.00. The van der Waals surface area contributed by atoms with Crippen molar-refractivity contribution in [3.63, 3.8) is 0 Å². The average Bonchev–Trinajstić information content (AvgIpc) is 2.88. The van der Waals surface area contributed by atoms with Crippen LogP contribution in [0.5, 0.6) is 0 Å². The number of amides is 2. The van der Waals surface area contributed by atoms with Crippen LogP contribution in [0, 0.1) is 13.8 Å². The molecule has 1 atom stereocenters. The Hall–Kier alpha value is -2.08. The Kier molecular flexibility index (Phi) is 6.42. The lowest BCUT2D eigenvalue weighted by Gasteiger charge is -2.14. The summed E-state index contributed by atoms with van der Waals surface area (Å²) in [5.74, 6) is -0.410. The highest BCUT2D eigenvalue weighted by atomic mass is 79.9. The minimum absolute atomic E-state index is 0.170. The molecule has 0 unspecified atom stereocenters. The molecule has 0 aliphatic carbocycles. The number of carbonyl (C=O) groups is 2. The van der Waals surface area contributed by atoms with Crippen LogP contribution in [0.3, 0.4) is 0 Å². The summed E-state index contributed by atoms with van der Waals surface area (Å²) in [6.45, 7) is 8.16. The van der Waals surface area contributed by atoms with Crippen LogP contribution in [0.1, 0.15) is 42.0 Å². The van der Waals surface area contributed by atoms with Gasteiger partial charge in [0.05, 0.1) is 5.56 Å². The molecule has 0 saturated heterocycles. The zero-order valence-corrected chi connectivity index (χ0v) is 16.6. The van der Waals surface area contributed by atoms with E-state index in [2.05, 4.69) is 26.6 Å². The molecule has 6 heteroatoms. The fourth-order valence-electron chi connectivity index (χ4n) is 2.72. The lowest BCUT2D eigenvalue weighted by Crippen LogP contribution is -2.45. The Labute approximate surface area is 156 Å². The van der Waals surface area contributed by atoms with E-state index in [-0.39, 0.29) is 11.8 Å². The minimum atomic E-state index is -0.574. The molecule has 0 fully saturated rings. The average molecular weight is 406 g/mol. The normalized spacial score (nSPS) is 11.9. The van der Waals surface area contributed by atoms with Crippen molar-refractivity contribution >= 4 is 27.7 Å². The van der Waals surface area contributed by atoms with Gasteiger partial charge in [-0.2, -0.15) is 0 Å². The first-order chi connectivity index (χ1) is 11.8. The number of carbonyl (C=O) groups excluding carboxylic acids is 2. The first kappa shape index (κ1) is 19.2. The van der Waals surface area contributed by atoms with Gasteiger partial charge in [0.2, 0.25) is 5.91 Å². The second-order valence-electron chi connectivity index (χ2n) is 6.08. The van der Waals surface area contributed by atoms with Crippen LogP contribution in [0.2, 0.25) is 0 Å². The maximum atomic E-state index is 12.6. The summed E-state index contributed by atoms with van der Waals surface area (Å²) in [4.78, 5) is 24.5. The summed E-state index contributed by atoms with van der Waals surface area (Å²) >= 11 is 3.43. The largest absolute Gasteiger partial charge is 0.354 e. The van der Waals surface area contributed by atoms with Crippen molar-refractivity contribution in [1.29, 1.82) is 0 Å². The number of aromatic nitrogens is 1. The van der Waals surface area contributed by atoms with E-state index >= 15 is 0 Å². The highest BCUT2D eigenvalue weighted by molar-refractivity contribution is 9.10. The molecule has 1 heterocycles. The SMILES string of the molecule is CCCNC(=O)[C@@H](C)NC(=O)c1cc(C)n(-c2ccc(Br)cc2)c1C. The molecule has 2 N–H and O–H groups in total. The molecule has 1 aromatic heterocycles. The molecular weight excluding hydrogens is 382 g/mol. The molecule has 1 aromatic carbocycles. The van der Waals surface area contributed by atoms with Gasteiger partial charge in [0.1, 0.15) is 6.04 Å². The van der Waals surface area contributed by atoms with E-state index in [1.165, 1.54) is 0 Å². The summed E-state index contributed by atoms with van der Waals surface area (Å²) in [6.07, 6.45) is 0.862. The van der Waals surface area contributed by atoms with E-state index in [4.69, 9.17) is 0 Å². The molecule has 2 amide bonds. The molecular formula is C19H24BrN3O2. The van der Waals surface area contributed by atoms with Gasteiger partial charge in [0.15, 0.2) is 0 Å². The topological polar surface area (TPSA) is 63.1 Å². The molecule has 0 radical (unpaired) electrons. The first-order valence-corrected chi connectivity index (χ1v) is 9.18. The number of rotatable bonds is 6. The van der Waals surface area contributed by atoms with E-state index in [1.54, 1.807) is 6.92 Å². The molecule has 0 saturated carbocycles. The van der Waals surface area contributed by atoms with E-state index in [0.29, 0.717) is 12.1 Å². The highest BCUT2D eigenvalue weighted by Crippen LogP contribution is 2.22. The van der Waals surface area contributed by atoms with Gasteiger partial charge in [-0.3, -0.25) is 9.59 Å². The van der Waals surface area contributed by atoms with Crippen LogP contribution in [0.15, 0.2) is 34.8 Å². The Morgan fingerprint density at radius 1 is 1.20 bits per heavy atom.